The number of halogens is 1. The number of ether oxygens (including phenoxy) is 1. The fraction of sp³-hybridized carbons (Fsp3) is 0.409. The van der Waals surface area contributed by atoms with Crippen molar-refractivity contribution in [2.45, 2.75) is 37.9 Å². The Balaban J connectivity index is 1.33. The molecule has 7 nitrogen and oxygen atoms in total. The molecule has 1 spiro atoms. The molecule has 0 aliphatic carbocycles. The Morgan fingerprint density at radius 2 is 1.97 bits per heavy atom. The van der Waals surface area contributed by atoms with E-state index in [-0.39, 0.29) is 23.7 Å². The molecule has 3 amide bonds. The number of piperidine rings is 1. The van der Waals surface area contributed by atoms with E-state index in [0.717, 1.165) is 6.42 Å². The lowest BCUT2D eigenvalue weighted by Gasteiger charge is -2.44. The first-order chi connectivity index (χ1) is 14.4. The van der Waals surface area contributed by atoms with Gasteiger partial charge in [0.2, 0.25) is 0 Å². The Morgan fingerprint density at radius 1 is 1.17 bits per heavy atom. The maximum absolute atomic E-state index is 13.0. The van der Waals surface area contributed by atoms with Crippen molar-refractivity contribution in [1.29, 1.82) is 0 Å². The van der Waals surface area contributed by atoms with Crippen molar-refractivity contribution in [2.24, 2.45) is 5.92 Å². The van der Waals surface area contributed by atoms with E-state index in [2.05, 4.69) is 22.5 Å². The lowest BCUT2D eigenvalue weighted by molar-refractivity contribution is -0.141. The first-order valence-electron chi connectivity index (χ1n) is 10.2. The third-order valence-electron chi connectivity index (χ3n) is 6.01. The van der Waals surface area contributed by atoms with Crippen LogP contribution in [0.25, 0.3) is 0 Å². The van der Waals surface area contributed by atoms with Gasteiger partial charge in [-0.05, 0) is 55.7 Å². The molecule has 158 valence electrons. The van der Waals surface area contributed by atoms with E-state index in [1.807, 2.05) is 0 Å². The van der Waals surface area contributed by atoms with Crippen LogP contribution in [0.4, 0.5) is 20.6 Å². The van der Waals surface area contributed by atoms with Gasteiger partial charge < -0.3 is 20.3 Å². The van der Waals surface area contributed by atoms with Gasteiger partial charge in [-0.2, -0.15) is 0 Å². The molecule has 2 aliphatic rings. The van der Waals surface area contributed by atoms with E-state index in [4.69, 9.17) is 4.74 Å². The number of benzene rings is 1. The Kier molecular flexibility index (Phi) is 5.67. The van der Waals surface area contributed by atoms with Gasteiger partial charge in [0, 0.05) is 30.9 Å². The van der Waals surface area contributed by atoms with Gasteiger partial charge in [0.05, 0.1) is 17.5 Å². The van der Waals surface area contributed by atoms with Crippen molar-refractivity contribution in [2.75, 3.05) is 23.7 Å². The van der Waals surface area contributed by atoms with Crippen LogP contribution in [-0.2, 0) is 9.53 Å². The van der Waals surface area contributed by atoms with Crippen molar-refractivity contribution < 1.29 is 18.7 Å². The van der Waals surface area contributed by atoms with Gasteiger partial charge in [0.15, 0.2) is 0 Å². The first-order valence-corrected chi connectivity index (χ1v) is 10.2. The number of hydrogen-bond donors (Lipinski definition) is 2. The third-order valence-corrected chi connectivity index (χ3v) is 6.01. The summed E-state index contributed by atoms with van der Waals surface area (Å²) in [7, 11) is 0. The third kappa shape index (κ3) is 4.28. The number of carbonyl (C=O) groups excluding carboxylic acids is 2. The van der Waals surface area contributed by atoms with Crippen molar-refractivity contribution in [3.05, 3.63) is 54.6 Å². The summed E-state index contributed by atoms with van der Waals surface area (Å²) in [6, 6.07) is 9.03. The van der Waals surface area contributed by atoms with Crippen LogP contribution in [0.3, 0.4) is 0 Å². The highest BCUT2D eigenvalue weighted by molar-refractivity contribution is 5.94. The van der Waals surface area contributed by atoms with E-state index in [9.17, 15) is 14.0 Å². The first kappa shape index (κ1) is 20.3. The molecular formula is C22H25FN4O3. The van der Waals surface area contributed by atoms with Gasteiger partial charge in [0.25, 0.3) is 5.91 Å². The number of likely N-dealkylation sites (tertiary alicyclic amines) is 1. The summed E-state index contributed by atoms with van der Waals surface area (Å²) in [4.78, 5) is 30.9. The Bertz CT molecular complexity index is 908. The topological polar surface area (TPSA) is 83.6 Å². The van der Waals surface area contributed by atoms with Crippen LogP contribution in [-0.4, -0.2) is 46.6 Å². The number of aromatic nitrogens is 1. The predicted molar refractivity (Wildman–Crippen MR) is 110 cm³/mol. The SMILES string of the molecule is CC1CN(C(=O)Nc2ccc(F)cc2)CCC12CCC(C(=O)Nc1cccnc1)O2. The van der Waals surface area contributed by atoms with Crippen LogP contribution < -0.4 is 10.6 Å². The second-order valence-corrected chi connectivity index (χ2v) is 7.98. The molecular weight excluding hydrogens is 387 g/mol. The number of nitrogens with one attached hydrogen (secondary N) is 2. The number of pyridine rings is 1. The molecule has 4 rings (SSSR count). The molecule has 1 aromatic carbocycles. The van der Waals surface area contributed by atoms with Crippen LogP contribution >= 0.6 is 0 Å². The summed E-state index contributed by atoms with van der Waals surface area (Å²) >= 11 is 0. The zero-order valence-electron chi connectivity index (χ0n) is 16.8. The predicted octanol–water partition coefficient (Wildman–Crippen LogP) is 3.65. The quantitative estimate of drug-likeness (QED) is 0.806. The largest absolute Gasteiger partial charge is 0.362 e. The molecule has 30 heavy (non-hydrogen) atoms. The summed E-state index contributed by atoms with van der Waals surface area (Å²) in [5.74, 6) is -0.424. The summed E-state index contributed by atoms with van der Waals surface area (Å²) < 4.78 is 19.3. The number of urea groups is 1. The van der Waals surface area contributed by atoms with Gasteiger partial charge >= 0.3 is 6.03 Å². The maximum atomic E-state index is 13.0. The Labute approximate surface area is 174 Å². The molecule has 2 aliphatic heterocycles. The maximum Gasteiger partial charge on any atom is 0.321 e. The Hall–Kier alpha value is -3.00. The average Bonchev–Trinajstić information content (AvgIpc) is 3.18. The summed E-state index contributed by atoms with van der Waals surface area (Å²) in [6.45, 7) is 3.12. The molecule has 1 aromatic heterocycles. The zero-order valence-corrected chi connectivity index (χ0v) is 16.8. The number of nitrogens with zero attached hydrogens (tertiary/aromatic N) is 2. The highest BCUT2D eigenvalue weighted by atomic mass is 19.1. The molecule has 8 heteroatoms. The minimum atomic E-state index is -0.507. The number of amides is 3. The zero-order chi connectivity index (χ0) is 21.1. The van der Waals surface area contributed by atoms with Crippen molar-refractivity contribution in [3.8, 4) is 0 Å². The lowest BCUT2D eigenvalue weighted by Crippen LogP contribution is -2.53. The van der Waals surface area contributed by atoms with Gasteiger partial charge in [-0.15, -0.1) is 0 Å². The molecule has 3 heterocycles. The summed E-state index contributed by atoms with van der Waals surface area (Å²) in [5, 5.41) is 5.65. The van der Waals surface area contributed by atoms with E-state index in [1.54, 1.807) is 29.4 Å². The molecule has 0 radical (unpaired) electrons. The highest BCUT2D eigenvalue weighted by Gasteiger charge is 2.49. The monoisotopic (exact) mass is 412 g/mol. The fourth-order valence-electron chi connectivity index (χ4n) is 4.25. The van der Waals surface area contributed by atoms with Gasteiger partial charge in [0.1, 0.15) is 11.9 Å². The smallest absolute Gasteiger partial charge is 0.321 e. The minimum absolute atomic E-state index is 0.0846. The van der Waals surface area contributed by atoms with Crippen LogP contribution in [0, 0.1) is 11.7 Å². The van der Waals surface area contributed by atoms with Gasteiger partial charge in [-0.1, -0.05) is 6.92 Å². The molecule has 2 N–H and O–H groups in total. The van der Waals surface area contributed by atoms with Crippen molar-refractivity contribution in [1.82, 2.24) is 9.88 Å². The fourth-order valence-corrected chi connectivity index (χ4v) is 4.25. The molecule has 0 bridgehead atoms. The van der Waals surface area contributed by atoms with Crippen LogP contribution in [0.2, 0.25) is 0 Å². The molecule has 3 unspecified atom stereocenters. The van der Waals surface area contributed by atoms with Crippen LogP contribution in [0.1, 0.15) is 26.2 Å². The summed E-state index contributed by atoms with van der Waals surface area (Å²) in [6.07, 6.45) is 4.85. The van der Waals surface area contributed by atoms with Crippen molar-refractivity contribution in [3.63, 3.8) is 0 Å². The second kappa shape index (κ2) is 8.39. The second-order valence-electron chi connectivity index (χ2n) is 7.98. The minimum Gasteiger partial charge on any atom is -0.362 e. The van der Waals surface area contributed by atoms with E-state index < -0.39 is 11.7 Å². The standard InChI is InChI=1S/C22H25FN4O3/c1-15-14-27(21(29)26-17-6-4-16(23)5-7-17)12-10-22(15)9-8-19(30-22)20(28)25-18-3-2-11-24-13-18/h2-7,11,13,15,19H,8-10,12,14H2,1H3,(H,25,28)(H,26,29). The highest BCUT2D eigenvalue weighted by Crippen LogP contribution is 2.42. The molecule has 3 atom stereocenters. The number of hydrogen-bond acceptors (Lipinski definition) is 4. The number of anilines is 2. The van der Waals surface area contributed by atoms with E-state index in [1.165, 1.54) is 24.3 Å². The molecule has 2 saturated heterocycles. The Morgan fingerprint density at radius 3 is 2.67 bits per heavy atom. The lowest BCUT2D eigenvalue weighted by atomic mass is 9.80. The summed E-state index contributed by atoms with van der Waals surface area (Å²) in [5.41, 5.74) is 0.801. The normalized spacial score (nSPS) is 25.9. The van der Waals surface area contributed by atoms with E-state index in [0.29, 0.717) is 37.3 Å². The van der Waals surface area contributed by atoms with E-state index >= 15 is 0 Å². The molecule has 0 saturated carbocycles. The molecule has 2 aromatic rings. The van der Waals surface area contributed by atoms with Crippen molar-refractivity contribution >= 4 is 23.3 Å². The van der Waals surface area contributed by atoms with Gasteiger partial charge in [-0.3, -0.25) is 9.78 Å². The number of carbonyl (C=O) groups is 2. The van der Waals surface area contributed by atoms with Crippen LogP contribution in [0.15, 0.2) is 48.8 Å². The number of rotatable bonds is 3. The van der Waals surface area contributed by atoms with Crippen LogP contribution in [0.5, 0.6) is 0 Å². The van der Waals surface area contributed by atoms with Gasteiger partial charge in [-0.25, -0.2) is 9.18 Å². The average molecular weight is 412 g/mol. The molecule has 2 fully saturated rings.